The van der Waals surface area contributed by atoms with Gasteiger partial charge in [0.2, 0.25) is 0 Å². The lowest BCUT2D eigenvalue weighted by molar-refractivity contribution is -0.0913. The van der Waals surface area contributed by atoms with Gasteiger partial charge in [0.25, 0.3) is 0 Å². The Balaban J connectivity index is 4.35. The molecule has 0 amide bonds. The maximum Gasteiger partial charge on any atom is 0.412 e. The van der Waals surface area contributed by atoms with Crippen LogP contribution in [0.4, 0.5) is 13.2 Å². The highest BCUT2D eigenvalue weighted by atomic mass is 19.4. The summed E-state index contributed by atoms with van der Waals surface area (Å²) in [4.78, 5) is 0. The van der Waals surface area contributed by atoms with Crippen molar-refractivity contribution in [2.24, 2.45) is 5.73 Å². The van der Waals surface area contributed by atoms with Crippen LogP contribution < -0.4 is 5.73 Å². The van der Waals surface area contributed by atoms with Gasteiger partial charge in [-0.2, -0.15) is 13.2 Å². The molecule has 0 aliphatic carbocycles. The first-order chi connectivity index (χ1) is 4.88. The lowest BCUT2D eigenvalue weighted by Crippen LogP contribution is -2.10. The zero-order valence-corrected chi connectivity index (χ0v) is 6.20. The van der Waals surface area contributed by atoms with Crippen LogP contribution in [0.1, 0.15) is 6.92 Å². The molecule has 0 aliphatic heterocycles. The van der Waals surface area contributed by atoms with Gasteiger partial charge in [-0.05, 0) is 12.5 Å². The molecule has 0 aliphatic rings. The second kappa shape index (κ2) is 3.57. The van der Waals surface area contributed by atoms with Crippen molar-refractivity contribution < 1.29 is 13.2 Å². The lowest BCUT2D eigenvalue weighted by Gasteiger charge is -2.06. The second-order valence-electron chi connectivity index (χ2n) is 2.19. The van der Waals surface area contributed by atoms with Crippen LogP contribution in [-0.2, 0) is 0 Å². The number of nitrogens with two attached hydrogens (primary N) is 1. The molecule has 64 valence electrons. The van der Waals surface area contributed by atoms with Crippen LogP contribution in [0.15, 0.2) is 23.8 Å². The molecule has 0 saturated carbocycles. The molecule has 0 heterocycles. The normalized spacial score (nSPS) is 13.4. The van der Waals surface area contributed by atoms with Gasteiger partial charge in [-0.25, -0.2) is 0 Å². The van der Waals surface area contributed by atoms with Crippen molar-refractivity contribution in [1.29, 1.82) is 0 Å². The first-order valence-electron chi connectivity index (χ1n) is 3.01. The van der Waals surface area contributed by atoms with E-state index < -0.39 is 11.7 Å². The Kier molecular flexibility index (Phi) is 3.32. The molecule has 0 rings (SSSR count). The molecule has 1 nitrogen and oxygen atoms in total. The van der Waals surface area contributed by atoms with Gasteiger partial charge in [-0.15, -0.1) is 0 Å². The number of allylic oxidation sites excluding steroid dienone is 1. The molecule has 0 radical (unpaired) electrons. The Bertz CT molecular complexity index is 179. The average molecular weight is 165 g/mol. The summed E-state index contributed by atoms with van der Waals surface area (Å²) in [6.07, 6.45) is -3.32. The van der Waals surface area contributed by atoms with Gasteiger partial charge in [0.1, 0.15) is 0 Å². The Morgan fingerprint density at radius 3 is 2.27 bits per heavy atom. The number of alkyl halides is 3. The summed E-state index contributed by atoms with van der Waals surface area (Å²) < 4.78 is 35.4. The number of hydrogen-bond donors (Lipinski definition) is 1. The van der Waals surface area contributed by atoms with E-state index in [1.54, 1.807) is 0 Å². The molecule has 0 unspecified atom stereocenters. The Labute approximate surface area is 63.4 Å². The van der Waals surface area contributed by atoms with Crippen molar-refractivity contribution >= 4 is 0 Å². The van der Waals surface area contributed by atoms with E-state index in [1.807, 2.05) is 0 Å². The highest BCUT2D eigenvalue weighted by Gasteiger charge is 2.29. The van der Waals surface area contributed by atoms with E-state index in [0.29, 0.717) is 0 Å². The fourth-order valence-electron chi connectivity index (χ4n) is 0.447. The molecule has 0 bridgehead atoms. The first-order valence-corrected chi connectivity index (χ1v) is 3.01. The third-order valence-electron chi connectivity index (χ3n) is 1.13. The number of hydrogen-bond acceptors (Lipinski definition) is 1. The average Bonchev–Trinajstić information content (AvgIpc) is 1.85. The fourth-order valence-corrected chi connectivity index (χ4v) is 0.447. The van der Waals surface area contributed by atoms with Gasteiger partial charge >= 0.3 is 6.18 Å². The van der Waals surface area contributed by atoms with Crippen molar-refractivity contribution in [2.45, 2.75) is 13.1 Å². The van der Waals surface area contributed by atoms with E-state index in [-0.39, 0.29) is 12.1 Å². The van der Waals surface area contributed by atoms with Crippen LogP contribution in [0.5, 0.6) is 0 Å². The maximum atomic E-state index is 11.8. The molecule has 4 heteroatoms. The Hall–Kier alpha value is -0.770. The topological polar surface area (TPSA) is 26.0 Å². The summed E-state index contributed by atoms with van der Waals surface area (Å²) in [5.41, 5.74) is 4.66. The van der Waals surface area contributed by atoms with Gasteiger partial charge in [-0.3, -0.25) is 0 Å². The van der Waals surface area contributed by atoms with Crippen LogP contribution in [0, 0.1) is 0 Å². The summed E-state index contributed by atoms with van der Waals surface area (Å²) >= 11 is 0. The van der Waals surface area contributed by atoms with E-state index >= 15 is 0 Å². The fraction of sp³-hybridized carbons (Fsp3) is 0.429. The monoisotopic (exact) mass is 165 g/mol. The number of halogens is 3. The van der Waals surface area contributed by atoms with E-state index in [0.717, 1.165) is 13.0 Å². The lowest BCUT2D eigenvalue weighted by atomic mass is 10.2. The second-order valence-corrected chi connectivity index (χ2v) is 2.19. The zero-order valence-electron chi connectivity index (χ0n) is 6.20. The zero-order chi connectivity index (χ0) is 9.07. The third-order valence-corrected chi connectivity index (χ3v) is 1.13. The predicted molar refractivity (Wildman–Crippen MR) is 38.0 cm³/mol. The molecule has 11 heavy (non-hydrogen) atoms. The van der Waals surface area contributed by atoms with Crippen LogP contribution in [0.25, 0.3) is 0 Å². The highest BCUT2D eigenvalue weighted by Crippen LogP contribution is 2.25. The minimum Gasteiger partial charge on any atom is -0.327 e. The van der Waals surface area contributed by atoms with E-state index in [2.05, 4.69) is 6.58 Å². The van der Waals surface area contributed by atoms with Crippen molar-refractivity contribution in [3.63, 3.8) is 0 Å². The molecule has 0 aromatic rings. The summed E-state index contributed by atoms with van der Waals surface area (Å²) in [6, 6.07) is 0. The third kappa shape index (κ3) is 3.83. The van der Waals surface area contributed by atoms with Crippen LogP contribution in [0.3, 0.4) is 0 Å². The van der Waals surface area contributed by atoms with Crippen LogP contribution in [-0.4, -0.2) is 12.7 Å². The SMILES string of the molecule is C=C(/C=C(\C)C(F)(F)F)CN. The quantitative estimate of drug-likeness (QED) is 0.622. The smallest absolute Gasteiger partial charge is 0.327 e. The minimum absolute atomic E-state index is 0.0490. The summed E-state index contributed by atoms with van der Waals surface area (Å²) in [6.45, 7) is 4.36. The van der Waals surface area contributed by atoms with Crippen LogP contribution in [0.2, 0.25) is 0 Å². The van der Waals surface area contributed by atoms with Gasteiger partial charge < -0.3 is 5.73 Å². The molecule has 0 spiro atoms. The molecule has 2 N–H and O–H groups in total. The van der Waals surface area contributed by atoms with Crippen molar-refractivity contribution in [2.75, 3.05) is 6.54 Å². The van der Waals surface area contributed by atoms with Crippen molar-refractivity contribution in [3.8, 4) is 0 Å². The molecule has 0 aromatic carbocycles. The molecular weight excluding hydrogens is 155 g/mol. The predicted octanol–water partition coefficient (Wildman–Crippen LogP) is 2.01. The highest BCUT2D eigenvalue weighted by molar-refractivity contribution is 5.22. The minimum atomic E-state index is -4.27. The van der Waals surface area contributed by atoms with E-state index in [4.69, 9.17) is 5.73 Å². The Morgan fingerprint density at radius 2 is 2.00 bits per heavy atom. The van der Waals surface area contributed by atoms with Crippen LogP contribution >= 0.6 is 0 Å². The number of rotatable bonds is 2. The molecule has 0 fully saturated rings. The summed E-state index contributed by atoms with van der Waals surface area (Å²) in [5.74, 6) is 0. The summed E-state index contributed by atoms with van der Waals surface area (Å²) in [7, 11) is 0. The first kappa shape index (κ1) is 10.2. The van der Waals surface area contributed by atoms with Gasteiger partial charge in [0.15, 0.2) is 0 Å². The van der Waals surface area contributed by atoms with Gasteiger partial charge in [0, 0.05) is 12.1 Å². The molecule has 0 aromatic heterocycles. The van der Waals surface area contributed by atoms with Gasteiger partial charge in [0.05, 0.1) is 0 Å². The van der Waals surface area contributed by atoms with E-state index in [1.165, 1.54) is 0 Å². The van der Waals surface area contributed by atoms with Crippen molar-refractivity contribution in [1.82, 2.24) is 0 Å². The standard InChI is InChI=1S/C7H10F3N/c1-5(4-11)3-6(2)7(8,9)10/h3H,1,4,11H2,2H3/b6-3+. The maximum absolute atomic E-state index is 11.8. The largest absolute Gasteiger partial charge is 0.412 e. The summed E-state index contributed by atoms with van der Waals surface area (Å²) in [5, 5.41) is 0. The van der Waals surface area contributed by atoms with E-state index in [9.17, 15) is 13.2 Å². The molecule has 0 atom stereocenters. The van der Waals surface area contributed by atoms with Gasteiger partial charge in [-0.1, -0.05) is 12.7 Å². The molecule has 0 saturated heterocycles. The molecular formula is C7H10F3N. The Morgan fingerprint density at radius 1 is 1.55 bits per heavy atom. The van der Waals surface area contributed by atoms with Crippen molar-refractivity contribution in [3.05, 3.63) is 23.8 Å².